The van der Waals surface area contributed by atoms with Crippen LogP contribution in [0.2, 0.25) is 0 Å². The summed E-state index contributed by atoms with van der Waals surface area (Å²) in [6, 6.07) is 3.03. The fraction of sp³-hybridized carbons (Fsp3) is 0.286. The summed E-state index contributed by atoms with van der Waals surface area (Å²) in [5.41, 5.74) is -4.51. The molecule has 0 saturated heterocycles. The summed E-state index contributed by atoms with van der Waals surface area (Å²) >= 11 is 1.04. The molecule has 17 heteroatoms. The highest BCUT2D eigenvalue weighted by Crippen LogP contribution is 2.59. The van der Waals surface area contributed by atoms with Crippen LogP contribution in [-0.2, 0) is 5.67 Å². The monoisotopic (exact) mass is 678 g/mol. The van der Waals surface area contributed by atoms with Gasteiger partial charge in [-0.25, -0.2) is 4.39 Å². The molecule has 0 saturated carbocycles. The number of anilines is 2. The maximum absolute atomic E-state index is 15.0. The Morgan fingerprint density at radius 1 is 0.895 bits per heavy atom. The molecular formula is C21H11F12IN2O2. The van der Waals surface area contributed by atoms with Gasteiger partial charge in [0.25, 0.3) is 0 Å². The molecule has 1 heterocycles. The van der Waals surface area contributed by atoms with E-state index in [0.29, 0.717) is 0 Å². The summed E-state index contributed by atoms with van der Waals surface area (Å²) in [5, 5.41) is 0. The number of halogens is 13. The molecule has 208 valence electrons. The first-order chi connectivity index (χ1) is 17.1. The molecule has 1 atom stereocenters. The lowest BCUT2D eigenvalue weighted by atomic mass is 9.87. The first-order valence-corrected chi connectivity index (χ1v) is 10.9. The van der Waals surface area contributed by atoms with E-state index < -0.39 is 62.9 Å². The first-order valence-electron chi connectivity index (χ1n) is 9.79. The van der Waals surface area contributed by atoms with Gasteiger partial charge in [-0.2, -0.15) is 35.1 Å². The van der Waals surface area contributed by atoms with Crippen molar-refractivity contribution < 1.29 is 62.2 Å². The van der Waals surface area contributed by atoms with Crippen LogP contribution in [-0.4, -0.2) is 37.1 Å². The standard InChI is InChI=1S/C21H11F12IN2O2/c22-17(19(25,26)27,18(23,24)20(28,29)30)11-7-12(34)15(14(8-11)38-21(31,32)33)36-5-1-2-9-3-4-10(16(35)37)6-13(9)36/h1-4,6-8H,5H2,(H2,35,37). The number of hydrogen-bond acceptors (Lipinski definition) is 3. The Hall–Kier alpha value is -2.86. The molecule has 3 rings (SSSR count). The number of benzene rings is 2. The van der Waals surface area contributed by atoms with Gasteiger partial charge in [-0.3, -0.25) is 4.79 Å². The van der Waals surface area contributed by atoms with Crippen LogP contribution in [0.25, 0.3) is 6.08 Å². The van der Waals surface area contributed by atoms with Gasteiger partial charge in [0.1, 0.15) is 0 Å². The summed E-state index contributed by atoms with van der Waals surface area (Å²) in [5.74, 6) is -9.80. The Morgan fingerprint density at radius 3 is 2.00 bits per heavy atom. The zero-order chi connectivity index (χ0) is 29.1. The number of hydrogen-bond donors (Lipinski definition) is 1. The zero-order valence-corrected chi connectivity index (χ0v) is 20.2. The molecule has 0 aromatic heterocycles. The third kappa shape index (κ3) is 5.07. The molecule has 1 amide bonds. The Balaban J connectivity index is 2.36. The number of nitrogens with zero attached hydrogens (tertiary/aromatic N) is 1. The van der Waals surface area contributed by atoms with E-state index >= 15 is 4.39 Å². The summed E-state index contributed by atoms with van der Waals surface area (Å²) in [6.07, 6.45) is -16.9. The van der Waals surface area contributed by atoms with Crippen molar-refractivity contribution in [3.05, 3.63) is 56.7 Å². The molecule has 0 radical (unpaired) electrons. The minimum atomic E-state index is -7.12. The smallest absolute Gasteiger partial charge is 0.404 e. The van der Waals surface area contributed by atoms with Gasteiger partial charge in [-0.1, -0.05) is 18.2 Å². The lowest BCUT2D eigenvalue weighted by molar-refractivity contribution is -0.389. The van der Waals surface area contributed by atoms with Crippen molar-refractivity contribution in [2.45, 2.75) is 30.3 Å². The second kappa shape index (κ2) is 9.41. The van der Waals surface area contributed by atoms with Crippen molar-refractivity contribution in [1.82, 2.24) is 0 Å². The van der Waals surface area contributed by atoms with Gasteiger partial charge in [-0.05, 0) is 52.4 Å². The largest absolute Gasteiger partial charge is 0.573 e. The predicted molar refractivity (Wildman–Crippen MR) is 117 cm³/mol. The van der Waals surface area contributed by atoms with E-state index in [1.165, 1.54) is 24.3 Å². The van der Waals surface area contributed by atoms with Crippen LogP contribution in [0.4, 0.5) is 64.1 Å². The lowest BCUT2D eigenvalue weighted by Crippen LogP contribution is -2.59. The van der Waals surface area contributed by atoms with Crippen molar-refractivity contribution in [2.24, 2.45) is 5.73 Å². The summed E-state index contributed by atoms with van der Waals surface area (Å²) < 4.78 is 165. The van der Waals surface area contributed by atoms with Gasteiger partial charge in [-0.15, -0.1) is 13.2 Å². The van der Waals surface area contributed by atoms with E-state index in [4.69, 9.17) is 5.73 Å². The molecule has 4 nitrogen and oxygen atoms in total. The van der Waals surface area contributed by atoms with E-state index in [9.17, 15) is 53.1 Å². The average molecular weight is 678 g/mol. The number of nitrogens with two attached hydrogens (primary N) is 1. The van der Waals surface area contributed by atoms with Crippen molar-refractivity contribution in [3.8, 4) is 5.75 Å². The number of ether oxygens (including phenoxy) is 1. The minimum absolute atomic E-state index is 0.0514. The van der Waals surface area contributed by atoms with Gasteiger partial charge in [0, 0.05) is 26.9 Å². The molecule has 0 bridgehead atoms. The quantitative estimate of drug-likeness (QED) is 0.266. The SMILES string of the molecule is NC(=O)c1ccc2c(c1)N(c1c(I)cc(C(F)(C(F)(F)F)C(F)(F)C(F)(F)F)cc1OC(F)(F)F)CC=C2. The highest BCUT2D eigenvalue weighted by atomic mass is 127. The van der Waals surface area contributed by atoms with Crippen LogP contribution < -0.4 is 15.4 Å². The molecule has 1 aliphatic heterocycles. The van der Waals surface area contributed by atoms with Crippen LogP contribution in [0, 0.1) is 3.57 Å². The van der Waals surface area contributed by atoms with Crippen LogP contribution in [0.1, 0.15) is 21.5 Å². The summed E-state index contributed by atoms with van der Waals surface area (Å²) in [6.45, 7) is -0.336. The Kier molecular flexibility index (Phi) is 7.35. The topological polar surface area (TPSA) is 55.6 Å². The van der Waals surface area contributed by atoms with Crippen LogP contribution in [0.15, 0.2) is 36.4 Å². The summed E-state index contributed by atoms with van der Waals surface area (Å²) in [7, 11) is 0. The molecular weight excluding hydrogens is 667 g/mol. The summed E-state index contributed by atoms with van der Waals surface area (Å²) in [4.78, 5) is 12.5. The molecule has 0 fully saturated rings. The minimum Gasteiger partial charge on any atom is -0.404 e. The normalized spacial score (nSPS) is 16.2. The molecule has 0 aliphatic carbocycles. The van der Waals surface area contributed by atoms with Gasteiger partial charge in [0.15, 0.2) is 5.75 Å². The van der Waals surface area contributed by atoms with Gasteiger partial charge in [0.2, 0.25) is 5.91 Å². The number of fused-ring (bicyclic) bond motifs is 1. The van der Waals surface area contributed by atoms with E-state index in [2.05, 4.69) is 4.74 Å². The number of carbonyl (C=O) groups is 1. The Morgan fingerprint density at radius 2 is 1.50 bits per heavy atom. The van der Waals surface area contributed by atoms with E-state index in [0.717, 1.165) is 33.6 Å². The number of amides is 1. The molecule has 0 spiro atoms. The maximum Gasteiger partial charge on any atom is 0.573 e. The number of rotatable bonds is 5. The van der Waals surface area contributed by atoms with E-state index in [1.807, 2.05) is 0 Å². The molecule has 2 N–H and O–H groups in total. The van der Waals surface area contributed by atoms with Crippen molar-refractivity contribution in [1.29, 1.82) is 0 Å². The Bertz CT molecular complexity index is 1290. The lowest BCUT2D eigenvalue weighted by Gasteiger charge is -2.37. The van der Waals surface area contributed by atoms with Crippen LogP contribution >= 0.6 is 22.6 Å². The predicted octanol–water partition coefficient (Wildman–Crippen LogP) is 7.38. The first kappa shape index (κ1) is 29.7. The van der Waals surface area contributed by atoms with Crippen LogP contribution in [0.3, 0.4) is 0 Å². The van der Waals surface area contributed by atoms with Gasteiger partial charge in [0.05, 0.1) is 5.69 Å². The van der Waals surface area contributed by atoms with Gasteiger partial charge >= 0.3 is 30.3 Å². The maximum atomic E-state index is 15.0. The highest BCUT2D eigenvalue weighted by molar-refractivity contribution is 14.1. The van der Waals surface area contributed by atoms with E-state index in [-0.39, 0.29) is 29.4 Å². The Labute approximate surface area is 218 Å². The third-order valence-electron chi connectivity index (χ3n) is 5.29. The fourth-order valence-corrected chi connectivity index (χ4v) is 4.51. The average Bonchev–Trinajstić information content (AvgIpc) is 2.75. The number of alkyl halides is 12. The second-order valence-corrected chi connectivity index (χ2v) is 8.89. The zero-order valence-electron chi connectivity index (χ0n) is 18.0. The van der Waals surface area contributed by atoms with E-state index in [1.54, 1.807) is 0 Å². The highest BCUT2D eigenvalue weighted by Gasteiger charge is 2.81. The van der Waals surface area contributed by atoms with Crippen molar-refractivity contribution in [2.75, 3.05) is 11.4 Å². The number of carbonyl (C=O) groups excluding carboxylic acids is 1. The van der Waals surface area contributed by atoms with Gasteiger partial charge < -0.3 is 15.4 Å². The molecule has 1 unspecified atom stereocenters. The molecule has 2 aromatic carbocycles. The van der Waals surface area contributed by atoms with Crippen molar-refractivity contribution in [3.63, 3.8) is 0 Å². The molecule has 1 aliphatic rings. The molecule has 2 aromatic rings. The third-order valence-corrected chi connectivity index (χ3v) is 6.11. The van der Waals surface area contributed by atoms with Crippen molar-refractivity contribution >= 4 is 45.9 Å². The number of primary amides is 1. The second-order valence-electron chi connectivity index (χ2n) is 7.73. The molecule has 38 heavy (non-hydrogen) atoms. The fourth-order valence-electron chi connectivity index (χ4n) is 3.62. The van der Waals surface area contributed by atoms with Crippen LogP contribution in [0.5, 0.6) is 5.75 Å².